The third-order valence-electron chi connectivity index (χ3n) is 2.76. The number of ether oxygens (including phenoxy) is 2. The maximum Gasteiger partial charge on any atom is 0.132 e. The summed E-state index contributed by atoms with van der Waals surface area (Å²) < 4.78 is 23.9. The Labute approximate surface area is 102 Å². The maximum atomic E-state index is 13.5. The highest BCUT2D eigenvalue weighted by Crippen LogP contribution is 2.17. The molecule has 0 radical (unpaired) electrons. The molecule has 1 aromatic rings. The molecule has 1 unspecified atom stereocenters. The van der Waals surface area contributed by atoms with E-state index in [9.17, 15) is 4.39 Å². The Kier molecular flexibility index (Phi) is 4.90. The summed E-state index contributed by atoms with van der Waals surface area (Å²) in [7, 11) is 1.51. The van der Waals surface area contributed by atoms with Gasteiger partial charge in [-0.05, 0) is 19.4 Å². The second kappa shape index (κ2) is 5.98. The van der Waals surface area contributed by atoms with Crippen molar-refractivity contribution in [3.05, 3.63) is 29.6 Å². The van der Waals surface area contributed by atoms with Crippen LogP contribution < -0.4 is 10.5 Å². The molecule has 96 valence electrons. The first-order chi connectivity index (χ1) is 7.98. The van der Waals surface area contributed by atoms with Gasteiger partial charge in [-0.2, -0.15) is 0 Å². The van der Waals surface area contributed by atoms with Crippen molar-refractivity contribution in [2.45, 2.75) is 32.4 Å². The Balaban J connectivity index is 2.52. The monoisotopic (exact) mass is 241 g/mol. The molecule has 0 aromatic heterocycles. The summed E-state index contributed by atoms with van der Waals surface area (Å²) in [6.45, 7) is 4.55. The van der Waals surface area contributed by atoms with Crippen molar-refractivity contribution >= 4 is 0 Å². The molecule has 0 aliphatic carbocycles. The molecule has 1 rings (SSSR count). The first-order valence-corrected chi connectivity index (χ1v) is 5.67. The van der Waals surface area contributed by atoms with Crippen LogP contribution in [0.4, 0.5) is 4.39 Å². The van der Waals surface area contributed by atoms with Crippen LogP contribution in [0.2, 0.25) is 0 Å². The van der Waals surface area contributed by atoms with Gasteiger partial charge in [0.15, 0.2) is 0 Å². The number of hydrogen-bond acceptors (Lipinski definition) is 3. The van der Waals surface area contributed by atoms with Gasteiger partial charge in [0, 0.05) is 17.2 Å². The Bertz CT molecular complexity index is 366. The fourth-order valence-corrected chi connectivity index (χ4v) is 1.27. The van der Waals surface area contributed by atoms with Crippen molar-refractivity contribution in [2.24, 2.45) is 5.73 Å². The van der Waals surface area contributed by atoms with Crippen LogP contribution in [0.15, 0.2) is 18.2 Å². The lowest BCUT2D eigenvalue weighted by Gasteiger charge is -2.22. The minimum atomic E-state index is -0.358. The van der Waals surface area contributed by atoms with Gasteiger partial charge in [-0.1, -0.05) is 13.0 Å². The second-order valence-corrected chi connectivity index (χ2v) is 4.46. The van der Waals surface area contributed by atoms with E-state index in [-0.39, 0.29) is 18.0 Å². The smallest absolute Gasteiger partial charge is 0.132 e. The van der Waals surface area contributed by atoms with Crippen molar-refractivity contribution < 1.29 is 13.9 Å². The van der Waals surface area contributed by atoms with E-state index >= 15 is 0 Å². The third kappa shape index (κ3) is 4.32. The molecule has 0 bridgehead atoms. The molecule has 0 aliphatic rings. The number of halogens is 1. The van der Waals surface area contributed by atoms with Gasteiger partial charge in [-0.15, -0.1) is 0 Å². The van der Waals surface area contributed by atoms with E-state index < -0.39 is 0 Å². The Morgan fingerprint density at radius 1 is 1.41 bits per heavy atom. The van der Waals surface area contributed by atoms with E-state index in [1.54, 1.807) is 12.1 Å². The van der Waals surface area contributed by atoms with Crippen LogP contribution in [0.5, 0.6) is 5.75 Å². The van der Waals surface area contributed by atoms with Gasteiger partial charge in [0.2, 0.25) is 0 Å². The quantitative estimate of drug-likeness (QED) is 0.832. The summed E-state index contributed by atoms with van der Waals surface area (Å²) in [6, 6.07) is 4.72. The average molecular weight is 241 g/mol. The van der Waals surface area contributed by atoms with Crippen molar-refractivity contribution in [3.63, 3.8) is 0 Å². The zero-order chi connectivity index (χ0) is 12.9. The van der Waals surface area contributed by atoms with Crippen LogP contribution in [0.25, 0.3) is 0 Å². The molecule has 1 aromatic carbocycles. The molecular weight excluding hydrogens is 221 g/mol. The van der Waals surface area contributed by atoms with E-state index in [2.05, 4.69) is 0 Å². The lowest BCUT2D eigenvalue weighted by Crippen LogP contribution is -2.40. The topological polar surface area (TPSA) is 44.5 Å². The van der Waals surface area contributed by atoms with Crippen LogP contribution >= 0.6 is 0 Å². The van der Waals surface area contributed by atoms with Crippen LogP contribution in [0.3, 0.4) is 0 Å². The van der Waals surface area contributed by atoms with Crippen molar-refractivity contribution in [1.82, 2.24) is 0 Å². The van der Waals surface area contributed by atoms with Gasteiger partial charge in [0.1, 0.15) is 11.6 Å². The van der Waals surface area contributed by atoms with E-state index in [1.807, 2.05) is 13.8 Å². The summed E-state index contributed by atoms with van der Waals surface area (Å²) in [5.41, 5.74) is 6.08. The summed E-state index contributed by atoms with van der Waals surface area (Å²) in [4.78, 5) is 0. The molecular formula is C13H20FNO2. The molecule has 0 spiro atoms. The first kappa shape index (κ1) is 13.9. The fraction of sp³-hybridized carbons (Fsp3) is 0.538. The summed E-state index contributed by atoms with van der Waals surface area (Å²) in [5, 5.41) is 0. The Morgan fingerprint density at radius 2 is 2.12 bits per heavy atom. The molecule has 0 saturated heterocycles. The van der Waals surface area contributed by atoms with Gasteiger partial charge in [0.25, 0.3) is 0 Å². The second-order valence-electron chi connectivity index (χ2n) is 4.46. The molecule has 4 heteroatoms. The summed E-state index contributed by atoms with van der Waals surface area (Å²) in [5.74, 6) is 0.183. The average Bonchev–Trinajstić information content (AvgIpc) is 2.31. The molecule has 0 amide bonds. The molecule has 0 aliphatic heterocycles. The van der Waals surface area contributed by atoms with Crippen molar-refractivity contribution in [2.75, 3.05) is 13.7 Å². The minimum absolute atomic E-state index is 0.225. The van der Waals surface area contributed by atoms with E-state index in [4.69, 9.17) is 15.2 Å². The number of methoxy groups -OCH3 is 1. The first-order valence-electron chi connectivity index (χ1n) is 5.67. The lowest BCUT2D eigenvalue weighted by molar-refractivity contribution is 0.0760. The van der Waals surface area contributed by atoms with Crippen LogP contribution in [-0.4, -0.2) is 19.3 Å². The Hall–Kier alpha value is -1.13. The van der Waals surface area contributed by atoms with Gasteiger partial charge < -0.3 is 15.2 Å². The predicted octanol–water partition coefficient (Wildman–Crippen LogP) is 2.48. The number of hydrogen-bond donors (Lipinski definition) is 1. The van der Waals surface area contributed by atoms with Crippen molar-refractivity contribution in [3.8, 4) is 5.75 Å². The van der Waals surface area contributed by atoms with Gasteiger partial charge in [-0.25, -0.2) is 4.39 Å². The van der Waals surface area contributed by atoms with Crippen LogP contribution in [0.1, 0.15) is 25.8 Å². The zero-order valence-electron chi connectivity index (χ0n) is 10.6. The highest BCUT2D eigenvalue weighted by molar-refractivity contribution is 5.28. The molecule has 2 N–H and O–H groups in total. The van der Waals surface area contributed by atoms with Gasteiger partial charge in [-0.3, -0.25) is 0 Å². The van der Waals surface area contributed by atoms with Gasteiger partial charge in [0.05, 0.1) is 20.3 Å². The summed E-state index contributed by atoms with van der Waals surface area (Å²) in [6.07, 6.45) is 0.818. The molecule has 0 fully saturated rings. The minimum Gasteiger partial charge on any atom is -0.497 e. The Morgan fingerprint density at radius 3 is 2.65 bits per heavy atom. The van der Waals surface area contributed by atoms with E-state index in [0.29, 0.717) is 17.9 Å². The zero-order valence-corrected chi connectivity index (χ0v) is 10.6. The predicted molar refractivity (Wildman–Crippen MR) is 65.5 cm³/mol. The van der Waals surface area contributed by atoms with Gasteiger partial charge >= 0.3 is 0 Å². The molecule has 17 heavy (non-hydrogen) atoms. The standard InChI is InChI=1S/C13H20FNO2/c1-4-13(2,15)9-17-8-10-5-6-11(16-3)7-12(10)14/h5-7H,4,8-9,15H2,1-3H3. The largest absolute Gasteiger partial charge is 0.497 e. The maximum absolute atomic E-state index is 13.5. The lowest BCUT2D eigenvalue weighted by atomic mass is 10.0. The van der Waals surface area contributed by atoms with E-state index in [1.165, 1.54) is 13.2 Å². The highest BCUT2D eigenvalue weighted by atomic mass is 19.1. The number of rotatable bonds is 6. The summed E-state index contributed by atoms with van der Waals surface area (Å²) >= 11 is 0. The molecule has 3 nitrogen and oxygen atoms in total. The highest BCUT2D eigenvalue weighted by Gasteiger charge is 2.15. The molecule has 0 saturated carbocycles. The van der Waals surface area contributed by atoms with E-state index in [0.717, 1.165) is 6.42 Å². The molecule has 0 heterocycles. The van der Waals surface area contributed by atoms with Crippen molar-refractivity contribution in [1.29, 1.82) is 0 Å². The fourth-order valence-electron chi connectivity index (χ4n) is 1.27. The van der Waals surface area contributed by atoms with Crippen LogP contribution in [-0.2, 0) is 11.3 Å². The SMILES string of the molecule is CCC(C)(N)COCc1ccc(OC)cc1F. The molecule has 1 atom stereocenters. The number of nitrogens with two attached hydrogens (primary N) is 1. The normalized spacial score (nSPS) is 14.4. The number of benzene rings is 1. The van der Waals surface area contributed by atoms with Crippen LogP contribution in [0, 0.1) is 5.82 Å². The third-order valence-corrected chi connectivity index (χ3v) is 2.76.